The zero-order valence-corrected chi connectivity index (χ0v) is 13.9. The molecule has 1 N–H and O–H groups in total. The first-order chi connectivity index (χ1) is 9.61. The molecule has 0 aliphatic carbocycles. The minimum absolute atomic E-state index is 0.507. The molecule has 0 radical (unpaired) electrons. The Morgan fingerprint density at radius 2 is 1.85 bits per heavy atom. The van der Waals surface area contributed by atoms with Gasteiger partial charge in [-0.2, -0.15) is 0 Å². The Morgan fingerprint density at radius 3 is 2.60 bits per heavy atom. The summed E-state index contributed by atoms with van der Waals surface area (Å²) < 4.78 is 5.64. The van der Waals surface area contributed by atoms with Gasteiger partial charge in [-0.1, -0.05) is 56.0 Å². The summed E-state index contributed by atoms with van der Waals surface area (Å²) in [6.45, 7) is 7.37. The molecule has 0 aliphatic rings. The Bertz CT molecular complexity index is 383. The third-order valence-corrected chi connectivity index (χ3v) is 3.78. The number of hydrogen-bond donors (Lipinski definition) is 1. The van der Waals surface area contributed by atoms with Gasteiger partial charge in [0.15, 0.2) is 0 Å². The number of benzene rings is 1. The van der Waals surface area contributed by atoms with Crippen LogP contribution >= 0.6 is 23.2 Å². The molecule has 0 heterocycles. The molecular formula is C16H25Cl2NO. The summed E-state index contributed by atoms with van der Waals surface area (Å²) in [6, 6.07) is 5.47. The molecule has 0 aromatic heterocycles. The van der Waals surface area contributed by atoms with Crippen molar-refractivity contribution >= 4 is 23.2 Å². The fourth-order valence-electron chi connectivity index (χ4n) is 1.87. The van der Waals surface area contributed by atoms with E-state index in [4.69, 9.17) is 27.9 Å². The number of unbranched alkanes of at least 4 members (excludes halogenated alkanes) is 3. The first-order valence-corrected chi connectivity index (χ1v) is 8.14. The van der Waals surface area contributed by atoms with Crippen molar-refractivity contribution in [1.29, 1.82) is 0 Å². The lowest BCUT2D eigenvalue weighted by Crippen LogP contribution is -2.20. The fourth-order valence-corrected chi connectivity index (χ4v) is 2.22. The number of hydrogen-bond acceptors (Lipinski definition) is 2. The van der Waals surface area contributed by atoms with E-state index >= 15 is 0 Å². The van der Waals surface area contributed by atoms with Gasteiger partial charge in [0.05, 0.1) is 11.6 Å². The van der Waals surface area contributed by atoms with Crippen LogP contribution in [0.3, 0.4) is 0 Å². The Kier molecular flexibility index (Phi) is 9.08. The highest BCUT2D eigenvalue weighted by Crippen LogP contribution is 2.31. The smallest absolute Gasteiger partial charge is 0.139 e. The standard InChI is InChI=1S/C16H25Cl2NO/c1-13(2)12-19-10-5-3-4-6-11-20-15-9-7-8-14(17)16(15)18/h7-9,13,19H,3-6,10-12H2,1-2H3. The van der Waals surface area contributed by atoms with Crippen LogP contribution < -0.4 is 10.1 Å². The van der Waals surface area contributed by atoms with Crippen LogP contribution in [0.25, 0.3) is 0 Å². The second kappa shape index (κ2) is 10.3. The van der Waals surface area contributed by atoms with Crippen molar-refractivity contribution in [2.45, 2.75) is 39.5 Å². The van der Waals surface area contributed by atoms with E-state index in [0.29, 0.717) is 22.4 Å². The summed E-state index contributed by atoms with van der Waals surface area (Å²) in [6.07, 6.45) is 4.69. The van der Waals surface area contributed by atoms with Crippen LogP contribution in [0.1, 0.15) is 39.5 Å². The van der Waals surface area contributed by atoms with Gasteiger partial charge in [0, 0.05) is 0 Å². The molecule has 0 fully saturated rings. The summed E-state index contributed by atoms with van der Waals surface area (Å²) in [5.74, 6) is 1.41. The van der Waals surface area contributed by atoms with Gasteiger partial charge in [-0.15, -0.1) is 0 Å². The van der Waals surface area contributed by atoms with Crippen LogP contribution in [0.4, 0.5) is 0 Å². The maximum absolute atomic E-state index is 6.05. The van der Waals surface area contributed by atoms with Crippen LogP contribution in [-0.2, 0) is 0 Å². The topological polar surface area (TPSA) is 21.3 Å². The van der Waals surface area contributed by atoms with Crippen molar-refractivity contribution in [3.8, 4) is 5.75 Å². The highest BCUT2D eigenvalue weighted by atomic mass is 35.5. The van der Waals surface area contributed by atoms with Crippen molar-refractivity contribution < 1.29 is 4.74 Å². The molecule has 0 saturated carbocycles. The largest absolute Gasteiger partial charge is 0.492 e. The monoisotopic (exact) mass is 317 g/mol. The first-order valence-electron chi connectivity index (χ1n) is 7.38. The van der Waals surface area contributed by atoms with E-state index in [1.54, 1.807) is 6.07 Å². The zero-order chi connectivity index (χ0) is 14.8. The zero-order valence-electron chi connectivity index (χ0n) is 12.4. The van der Waals surface area contributed by atoms with Gasteiger partial charge in [-0.25, -0.2) is 0 Å². The van der Waals surface area contributed by atoms with Crippen molar-refractivity contribution in [2.75, 3.05) is 19.7 Å². The maximum Gasteiger partial charge on any atom is 0.139 e. The maximum atomic E-state index is 6.05. The Hall–Kier alpha value is -0.440. The lowest BCUT2D eigenvalue weighted by Gasteiger charge is -2.09. The van der Waals surface area contributed by atoms with Gasteiger partial charge in [-0.05, 0) is 44.0 Å². The molecule has 0 amide bonds. The molecule has 1 aromatic carbocycles. The first kappa shape index (κ1) is 17.6. The van der Waals surface area contributed by atoms with E-state index < -0.39 is 0 Å². The molecule has 0 unspecified atom stereocenters. The number of halogens is 2. The summed E-state index contributed by atoms with van der Waals surface area (Å²) in [7, 11) is 0. The molecular weight excluding hydrogens is 293 g/mol. The second-order valence-electron chi connectivity index (χ2n) is 5.41. The van der Waals surface area contributed by atoms with Gasteiger partial charge in [0.2, 0.25) is 0 Å². The highest BCUT2D eigenvalue weighted by molar-refractivity contribution is 6.42. The van der Waals surface area contributed by atoms with Crippen LogP contribution in [0.2, 0.25) is 10.0 Å². The SMILES string of the molecule is CC(C)CNCCCCCCOc1cccc(Cl)c1Cl. The lowest BCUT2D eigenvalue weighted by atomic mass is 10.2. The Balaban J connectivity index is 2.01. The van der Waals surface area contributed by atoms with E-state index in [9.17, 15) is 0 Å². The molecule has 1 rings (SSSR count). The summed E-state index contributed by atoms with van der Waals surface area (Å²) in [4.78, 5) is 0. The third-order valence-electron chi connectivity index (χ3n) is 2.97. The average molecular weight is 318 g/mol. The van der Waals surface area contributed by atoms with Crippen LogP contribution in [0.15, 0.2) is 18.2 Å². The quantitative estimate of drug-likeness (QED) is 0.600. The van der Waals surface area contributed by atoms with E-state index in [2.05, 4.69) is 19.2 Å². The van der Waals surface area contributed by atoms with Gasteiger partial charge in [-0.3, -0.25) is 0 Å². The summed E-state index contributed by atoms with van der Waals surface area (Å²) in [5, 5.41) is 4.50. The minimum atomic E-state index is 0.507. The third kappa shape index (κ3) is 7.37. The molecule has 0 saturated heterocycles. The lowest BCUT2D eigenvalue weighted by molar-refractivity contribution is 0.304. The summed E-state index contributed by atoms with van der Waals surface area (Å²) >= 11 is 12.0. The van der Waals surface area contributed by atoms with Gasteiger partial charge >= 0.3 is 0 Å². The highest BCUT2D eigenvalue weighted by Gasteiger charge is 2.04. The van der Waals surface area contributed by atoms with Gasteiger partial charge in [0.1, 0.15) is 10.8 Å². The van der Waals surface area contributed by atoms with E-state index in [-0.39, 0.29) is 0 Å². The van der Waals surface area contributed by atoms with Crippen LogP contribution in [-0.4, -0.2) is 19.7 Å². The fraction of sp³-hybridized carbons (Fsp3) is 0.625. The van der Waals surface area contributed by atoms with Crippen molar-refractivity contribution in [1.82, 2.24) is 5.32 Å². The van der Waals surface area contributed by atoms with E-state index in [0.717, 1.165) is 25.4 Å². The normalized spacial score (nSPS) is 11.1. The van der Waals surface area contributed by atoms with Crippen LogP contribution in [0, 0.1) is 5.92 Å². The Morgan fingerprint density at radius 1 is 1.10 bits per heavy atom. The molecule has 0 aliphatic heterocycles. The summed E-state index contributed by atoms with van der Waals surface area (Å²) in [5.41, 5.74) is 0. The molecule has 114 valence electrons. The molecule has 0 spiro atoms. The molecule has 0 atom stereocenters. The molecule has 4 heteroatoms. The number of ether oxygens (including phenoxy) is 1. The molecule has 1 aromatic rings. The van der Waals surface area contributed by atoms with E-state index in [1.807, 2.05) is 12.1 Å². The average Bonchev–Trinajstić information content (AvgIpc) is 2.41. The van der Waals surface area contributed by atoms with Gasteiger partial charge < -0.3 is 10.1 Å². The van der Waals surface area contributed by atoms with Crippen LogP contribution in [0.5, 0.6) is 5.75 Å². The number of nitrogens with one attached hydrogen (secondary N) is 1. The second-order valence-corrected chi connectivity index (χ2v) is 6.20. The van der Waals surface area contributed by atoms with E-state index in [1.165, 1.54) is 19.3 Å². The molecule has 20 heavy (non-hydrogen) atoms. The Labute approximate surface area is 132 Å². The predicted molar refractivity (Wildman–Crippen MR) is 88.1 cm³/mol. The number of rotatable bonds is 10. The minimum Gasteiger partial charge on any atom is -0.492 e. The molecule has 2 nitrogen and oxygen atoms in total. The van der Waals surface area contributed by atoms with Crippen molar-refractivity contribution in [2.24, 2.45) is 5.92 Å². The molecule has 0 bridgehead atoms. The predicted octanol–water partition coefficient (Wildman–Crippen LogP) is 5.18. The van der Waals surface area contributed by atoms with Crippen molar-refractivity contribution in [3.05, 3.63) is 28.2 Å². The van der Waals surface area contributed by atoms with Crippen molar-refractivity contribution in [3.63, 3.8) is 0 Å². The van der Waals surface area contributed by atoms with Gasteiger partial charge in [0.25, 0.3) is 0 Å².